The van der Waals surface area contributed by atoms with Gasteiger partial charge in [0.15, 0.2) is 0 Å². The zero-order valence-corrected chi connectivity index (χ0v) is 15.4. The third-order valence-electron chi connectivity index (χ3n) is 4.38. The average Bonchev–Trinajstić information content (AvgIpc) is 2.64. The van der Waals surface area contributed by atoms with E-state index in [1.165, 1.54) is 12.1 Å². The van der Waals surface area contributed by atoms with Crippen molar-refractivity contribution in [1.82, 2.24) is 5.32 Å². The summed E-state index contributed by atoms with van der Waals surface area (Å²) in [6, 6.07) is 11.5. The Morgan fingerprint density at radius 3 is 2.67 bits per heavy atom. The number of anilines is 1. The maximum Gasteiger partial charge on any atom is 0.252 e. The number of carbonyl (C=O) groups excluding carboxylic acids is 1. The molecular weight excluding hydrogens is 346 g/mol. The Morgan fingerprint density at radius 2 is 1.96 bits per heavy atom. The van der Waals surface area contributed by atoms with E-state index in [9.17, 15) is 20.1 Å². The van der Waals surface area contributed by atoms with Crippen molar-refractivity contribution in [2.45, 2.75) is 18.9 Å². The molecule has 7 nitrogen and oxygen atoms in total. The molecule has 0 bridgehead atoms. The molecule has 27 heavy (non-hydrogen) atoms. The van der Waals surface area contributed by atoms with Gasteiger partial charge in [0.25, 0.3) is 5.91 Å². The van der Waals surface area contributed by atoms with Crippen LogP contribution in [0.5, 0.6) is 11.5 Å². The van der Waals surface area contributed by atoms with Crippen molar-refractivity contribution in [2.75, 3.05) is 31.6 Å². The highest BCUT2D eigenvalue weighted by atomic mass is 16.3. The van der Waals surface area contributed by atoms with E-state index in [-0.39, 0.29) is 17.1 Å². The summed E-state index contributed by atoms with van der Waals surface area (Å²) < 4.78 is 0. The summed E-state index contributed by atoms with van der Waals surface area (Å²) >= 11 is 0. The fraction of sp³-hybridized carbons (Fsp3) is 0.350. The summed E-state index contributed by atoms with van der Waals surface area (Å²) in [5.41, 5.74) is 6.69. The minimum atomic E-state index is -0.793. The van der Waals surface area contributed by atoms with Gasteiger partial charge in [0.2, 0.25) is 0 Å². The lowest BCUT2D eigenvalue weighted by Gasteiger charge is -2.19. The Labute approximate surface area is 159 Å². The summed E-state index contributed by atoms with van der Waals surface area (Å²) in [5, 5.41) is 32.5. The molecule has 1 amide bonds. The first-order valence-corrected chi connectivity index (χ1v) is 8.90. The van der Waals surface area contributed by atoms with E-state index in [4.69, 9.17) is 5.73 Å². The van der Waals surface area contributed by atoms with E-state index in [1.54, 1.807) is 18.2 Å². The van der Waals surface area contributed by atoms with Gasteiger partial charge in [-0.3, -0.25) is 4.79 Å². The quantitative estimate of drug-likeness (QED) is 0.405. The maximum atomic E-state index is 11.3. The number of primary amides is 1. The molecule has 2 rings (SSSR count). The molecule has 146 valence electrons. The average molecular weight is 373 g/mol. The standard InChI is InChI=1S/C20H27N3O4/c1-23(15-5-4-6-16(24)12-15)10-3-2-9-22-13-19(26)14-7-8-18(25)17(11-14)20(21)27/h4-8,11-12,19,22,24-26H,2-3,9-10,13H2,1H3,(H2,21,27). The number of rotatable bonds is 10. The lowest BCUT2D eigenvalue weighted by molar-refractivity contribution is 0.0997. The number of nitrogens with one attached hydrogen (secondary N) is 1. The predicted molar refractivity (Wildman–Crippen MR) is 105 cm³/mol. The first-order valence-electron chi connectivity index (χ1n) is 8.90. The normalized spacial score (nSPS) is 11.9. The number of aliphatic hydroxyl groups excluding tert-OH is 1. The molecule has 0 aliphatic carbocycles. The Bertz CT molecular complexity index is 767. The number of carbonyl (C=O) groups is 1. The summed E-state index contributed by atoms with van der Waals surface area (Å²) in [6.07, 6.45) is 1.09. The van der Waals surface area contributed by atoms with E-state index in [0.29, 0.717) is 12.1 Å². The Morgan fingerprint density at radius 1 is 1.19 bits per heavy atom. The maximum absolute atomic E-state index is 11.3. The van der Waals surface area contributed by atoms with Gasteiger partial charge in [0, 0.05) is 31.9 Å². The summed E-state index contributed by atoms with van der Waals surface area (Å²) in [7, 11) is 1.98. The Balaban J connectivity index is 1.69. The molecule has 0 saturated heterocycles. The number of aromatic hydroxyl groups is 2. The zero-order chi connectivity index (χ0) is 19.8. The lowest BCUT2D eigenvalue weighted by Crippen LogP contribution is -2.24. The van der Waals surface area contributed by atoms with Gasteiger partial charge >= 0.3 is 0 Å². The zero-order valence-electron chi connectivity index (χ0n) is 15.4. The summed E-state index contributed by atoms with van der Waals surface area (Å²) in [6.45, 7) is 1.94. The predicted octanol–water partition coefficient (Wildman–Crippen LogP) is 1.74. The van der Waals surface area contributed by atoms with Crippen molar-refractivity contribution in [2.24, 2.45) is 5.73 Å². The molecule has 2 aromatic rings. The van der Waals surface area contributed by atoms with Crippen LogP contribution >= 0.6 is 0 Å². The number of nitrogens with two attached hydrogens (primary N) is 1. The number of amides is 1. The molecule has 2 aromatic carbocycles. The first-order chi connectivity index (χ1) is 12.9. The van der Waals surface area contributed by atoms with Crippen LogP contribution < -0.4 is 16.0 Å². The summed E-state index contributed by atoms with van der Waals surface area (Å²) in [4.78, 5) is 13.3. The van der Waals surface area contributed by atoms with Gasteiger partial charge in [0.05, 0.1) is 11.7 Å². The second-order valence-electron chi connectivity index (χ2n) is 6.51. The topological polar surface area (TPSA) is 119 Å². The van der Waals surface area contributed by atoms with Crippen molar-refractivity contribution in [3.8, 4) is 11.5 Å². The van der Waals surface area contributed by atoms with E-state index in [2.05, 4.69) is 10.2 Å². The number of phenols is 2. The monoisotopic (exact) mass is 373 g/mol. The van der Waals surface area contributed by atoms with Gasteiger partial charge in [0.1, 0.15) is 11.5 Å². The molecule has 0 radical (unpaired) electrons. The molecular formula is C20H27N3O4. The van der Waals surface area contributed by atoms with Crippen molar-refractivity contribution in [1.29, 1.82) is 0 Å². The van der Waals surface area contributed by atoms with Crippen LogP contribution in [0.1, 0.15) is 34.9 Å². The largest absolute Gasteiger partial charge is 0.508 e. The van der Waals surface area contributed by atoms with Crippen molar-refractivity contribution >= 4 is 11.6 Å². The lowest BCUT2D eigenvalue weighted by atomic mass is 10.0. The van der Waals surface area contributed by atoms with Gasteiger partial charge in [-0.2, -0.15) is 0 Å². The van der Waals surface area contributed by atoms with E-state index in [0.717, 1.165) is 31.6 Å². The van der Waals surface area contributed by atoms with Crippen LogP contribution in [0.2, 0.25) is 0 Å². The van der Waals surface area contributed by atoms with Gasteiger partial charge in [-0.1, -0.05) is 12.1 Å². The molecule has 0 aliphatic rings. The number of hydrogen-bond acceptors (Lipinski definition) is 6. The number of phenolic OH excluding ortho intramolecular Hbond substituents is 1. The van der Waals surface area contributed by atoms with Crippen molar-refractivity contribution in [3.63, 3.8) is 0 Å². The van der Waals surface area contributed by atoms with Crippen LogP contribution in [0.25, 0.3) is 0 Å². The molecule has 0 fully saturated rings. The first kappa shape index (κ1) is 20.5. The van der Waals surface area contributed by atoms with Crippen LogP contribution in [-0.4, -0.2) is 47.9 Å². The smallest absolute Gasteiger partial charge is 0.252 e. The summed E-state index contributed by atoms with van der Waals surface area (Å²) in [5.74, 6) is -0.670. The molecule has 7 heteroatoms. The second kappa shape index (κ2) is 9.80. The van der Waals surface area contributed by atoms with Gasteiger partial charge < -0.3 is 31.3 Å². The van der Waals surface area contributed by atoms with Crippen LogP contribution in [0, 0.1) is 0 Å². The van der Waals surface area contributed by atoms with Gasteiger partial charge in [-0.25, -0.2) is 0 Å². The molecule has 0 saturated carbocycles. The van der Waals surface area contributed by atoms with Crippen molar-refractivity contribution in [3.05, 3.63) is 53.6 Å². The van der Waals surface area contributed by atoms with Crippen LogP contribution in [0.4, 0.5) is 5.69 Å². The van der Waals surface area contributed by atoms with E-state index < -0.39 is 12.0 Å². The van der Waals surface area contributed by atoms with E-state index >= 15 is 0 Å². The second-order valence-corrected chi connectivity index (χ2v) is 6.51. The Kier molecular flexibility index (Phi) is 7.45. The molecule has 0 heterocycles. The molecule has 0 aromatic heterocycles. The number of hydrogen-bond donors (Lipinski definition) is 5. The van der Waals surface area contributed by atoms with E-state index in [1.807, 2.05) is 19.2 Å². The molecule has 1 atom stereocenters. The highest BCUT2D eigenvalue weighted by Gasteiger charge is 2.13. The minimum Gasteiger partial charge on any atom is -0.508 e. The minimum absolute atomic E-state index is 0.00142. The Hall–Kier alpha value is -2.77. The highest BCUT2D eigenvalue weighted by molar-refractivity contribution is 5.95. The third kappa shape index (κ3) is 6.16. The fourth-order valence-electron chi connectivity index (χ4n) is 2.77. The van der Waals surface area contributed by atoms with Gasteiger partial charge in [-0.05, 0) is 49.2 Å². The van der Waals surface area contributed by atoms with Crippen LogP contribution in [0.3, 0.4) is 0 Å². The molecule has 0 spiro atoms. The SMILES string of the molecule is CN(CCCCNCC(O)c1ccc(O)c(C(N)=O)c1)c1cccc(O)c1. The fourth-order valence-corrected chi connectivity index (χ4v) is 2.77. The number of unbranched alkanes of at least 4 members (excludes halogenated alkanes) is 1. The van der Waals surface area contributed by atoms with Crippen LogP contribution in [0.15, 0.2) is 42.5 Å². The van der Waals surface area contributed by atoms with Gasteiger partial charge in [-0.15, -0.1) is 0 Å². The highest BCUT2D eigenvalue weighted by Crippen LogP contribution is 2.22. The third-order valence-corrected chi connectivity index (χ3v) is 4.38. The number of aliphatic hydroxyl groups is 1. The molecule has 1 unspecified atom stereocenters. The number of benzene rings is 2. The van der Waals surface area contributed by atoms with Crippen molar-refractivity contribution < 1.29 is 20.1 Å². The van der Waals surface area contributed by atoms with Crippen LogP contribution in [-0.2, 0) is 0 Å². The molecule has 0 aliphatic heterocycles. The molecule has 6 N–H and O–H groups in total. The number of nitrogens with zero attached hydrogens (tertiary/aromatic N) is 1.